The second kappa shape index (κ2) is 8.86. The number of ether oxygens (including phenoxy) is 2. The number of rotatable bonds is 4. The number of aliphatic hydroxyl groups is 1. The fraction of sp³-hybridized carbons (Fsp3) is 0.360. The van der Waals surface area contributed by atoms with Crippen molar-refractivity contribution >= 4 is 22.7 Å². The first-order chi connectivity index (χ1) is 15.7. The van der Waals surface area contributed by atoms with Gasteiger partial charge in [0, 0.05) is 29.4 Å². The lowest BCUT2D eigenvalue weighted by molar-refractivity contribution is 0.0119. The lowest BCUT2D eigenvalue weighted by Gasteiger charge is -2.35. The van der Waals surface area contributed by atoms with Gasteiger partial charge >= 0.3 is 6.09 Å². The smallest absolute Gasteiger partial charge is 0.410 e. The van der Waals surface area contributed by atoms with Gasteiger partial charge in [0.2, 0.25) is 0 Å². The number of hydrogen-bond acceptors (Lipinski definition) is 5. The molecule has 8 heteroatoms. The average molecular weight is 454 g/mol. The minimum atomic E-state index is -0.613. The zero-order valence-corrected chi connectivity index (χ0v) is 19.2. The molecule has 4 rings (SSSR count). The summed E-state index contributed by atoms with van der Waals surface area (Å²) in [7, 11) is 1.55. The highest BCUT2D eigenvalue weighted by Gasteiger charge is 2.31. The third kappa shape index (κ3) is 4.71. The molecule has 0 aliphatic carbocycles. The van der Waals surface area contributed by atoms with Crippen molar-refractivity contribution in [2.45, 2.75) is 38.8 Å². The van der Waals surface area contributed by atoms with Gasteiger partial charge in [-0.1, -0.05) is 6.08 Å². The zero-order valence-electron chi connectivity index (χ0n) is 19.2. The number of aliphatic hydroxyl groups excluding tert-OH is 1. The summed E-state index contributed by atoms with van der Waals surface area (Å²) in [4.78, 5) is 21.9. The van der Waals surface area contributed by atoms with Gasteiger partial charge in [0.25, 0.3) is 0 Å². The van der Waals surface area contributed by atoms with E-state index in [9.17, 15) is 14.3 Å². The van der Waals surface area contributed by atoms with Crippen LogP contribution >= 0.6 is 0 Å². The van der Waals surface area contributed by atoms with Crippen molar-refractivity contribution in [1.82, 2.24) is 14.9 Å². The molecule has 0 bridgehead atoms. The zero-order chi connectivity index (χ0) is 23.8. The number of halogens is 1. The summed E-state index contributed by atoms with van der Waals surface area (Å²) < 4.78 is 24.9. The summed E-state index contributed by atoms with van der Waals surface area (Å²) in [5, 5.41) is 10.8. The topological polar surface area (TPSA) is 87.7 Å². The van der Waals surface area contributed by atoms with Crippen molar-refractivity contribution in [2.75, 3.05) is 20.3 Å². The quantitative estimate of drug-likeness (QED) is 0.595. The maximum absolute atomic E-state index is 14.0. The number of hydrogen-bond donors (Lipinski definition) is 2. The van der Waals surface area contributed by atoms with E-state index in [2.05, 4.69) is 9.97 Å². The van der Waals surface area contributed by atoms with E-state index in [0.717, 1.165) is 22.2 Å². The first-order valence-electron chi connectivity index (χ1n) is 10.8. The van der Waals surface area contributed by atoms with Crippen molar-refractivity contribution in [1.29, 1.82) is 0 Å². The van der Waals surface area contributed by atoms with E-state index in [1.165, 1.54) is 12.1 Å². The summed E-state index contributed by atoms with van der Waals surface area (Å²) >= 11 is 0. The van der Waals surface area contributed by atoms with E-state index in [4.69, 9.17) is 9.47 Å². The molecule has 2 aromatic heterocycles. The molecule has 3 aromatic rings. The molecule has 0 saturated carbocycles. The lowest BCUT2D eigenvalue weighted by atomic mass is 9.97. The fourth-order valence-electron chi connectivity index (χ4n) is 4.06. The molecule has 174 valence electrons. The monoisotopic (exact) mass is 453 g/mol. The van der Waals surface area contributed by atoms with Gasteiger partial charge in [-0.2, -0.15) is 0 Å². The van der Waals surface area contributed by atoms with Crippen molar-refractivity contribution in [2.24, 2.45) is 0 Å². The third-order valence-electron chi connectivity index (χ3n) is 5.60. The first kappa shape index (κ1) is 22.8. The van der Waals surface area contributed by atoms with Gasteiger partial charge in [-0.15, -0.1) is 0 Å². The number of aromatic amines is 1. The van der Waals surface area contributed by atoms with E-state index < -0.39 is 17.7 Å². The van der Waals surface area contributed by atoms with Crippen LogP contribution < -0.4 is 4.74 Å². The van der Waals surface area contributed by atoms with Crippen LogP contribution in [0.15, 0.2) is 42.6 Å². The highest BCUT2D eigenvalue weighted by Crippen LogP contribution is 2.37. The van der Waals surface area contributed by atoms with Crippen LogP contribution in [-0.2, 0) is 4.74 Å². The van der Waals surface area contributed by atoms with Crippen molar-refractivity contribution in [3.05, 3.63) is 54.1 Å². The highest BCUT2D eigenvalue weighted by atomic mass is 19.1. The molecule has 0 saturated heterocycles. The van der Waals surface area contributed by atoms with E-state index in [1.807, 2.05) is 39.0 Å². The number of carbonyl (C=O) groups is 1. The predicted molar refractivity (Wildman–Crippen MR) is 124 cm³/mol. The molecule has 0 unspecified atom stereocenters. The van der Waals surface area contributed by atoms with Gasteiger partial charge in [-0.25, -0.2) is 14.2 Å². The Hall–Kier alpha value is -3.39. The van der Waals surface area contributed by atoms with Crippen LogP contribution in [0.1, 0.15) is 32.9 Å². The van der Waals surface area contributed by atoms with Crippen LogP contribution in [0.25, 0.3) is 27.7 Å². The van der Waals surface area contributed by atoms with Gasteiger partial charge in [0.05, 0.1) is 19.8 Å². The summed E-state index contributed by atoms with van der Waals surface area (Å²) in [5.74, 6) is 0.214. The Bertz CT molecular complexity index is 1210. The minimum Gasteiger partial charge on any atom is -0.496 e. The van der Waals surface area contributed by atoms with E-state index in [1.54, 1.807) is 24.3 Å². The van der Waals surface area contributed by atoms with Crippen molar-refractivity contribution < 1.29 is 23.8 Å². The molecule has 2 N–H and O–H groups in total. The molecule has 1 aliphatic heterocycles. The van der Waals surface area contributed by atoms with Crippen LogP contribution in [0.5, 0.6) is 5.75 Å². The lowest BCUT2D eigenvalue weighted by Crippen LogP contribution is -2.47. The molecule has 1 aromatic carbocycles. The Labute approximate surface area is 191 Å². The molecular formula is C25H28FN3O4. The first-order valence-corrected chi connectivity index (χ1v) is 10.8. The fourth-order valence-corrected chi connectivity index (χ4v) is 4.06. The van der Waals surface area contributed by atoms with Gasteiger partial charge in [0.1, 0.15) is 22.8 Å². The molecule has 3 heterocycles. The van der Waals surface area contributed by atoms with E-state index in [0.29, 0.717) is 29.9 Å². The number of nitrogens with zero attached hydrogens (tertiary/aromatic N) is 2. The number of fused-ring (bicyclic) bond motifs is 1. The van der Waals surface area contributed by atoms with Crippen LogP contribution in [0, 0.1) is 5.82 Å². The van der Waals surface area contributed by atoms with Gasteiger partial charge < -0.3 is 19.6 Å². The number of amides is 1. The Morgan fingerprint density at radius 1 is 1.27 bits per heavy atom. The maximum Gasteiger partial charge on any atom is 0.410 e. The number of aromatic nitrogens is 2. The summed E-state index contributed by atoms with van der Waals surface area (Å²) in [6.07, 6.45) is 3.62. The second-order valence-electron chi connectivity index (χ2n) is 9.05. The number of methoxy groups -OCH3 is 1. The minimum absolute atomic E-state index is 0.180. The molecule has 0 fully saturated rings. The number of pyridine rings is 1. The summed E-state index contributed by atoms with van der Waals surface area (Å²) in [6.45, 7) is 5.58. The molecule has 1 amide bonds. The molecule has 33 heavy (non-hydrogen) atoms. The Morgan fingerprint density at radius 2 is 2.06 bits per heavy atom. The van der Waals surface area contributed by atoms with Crippen LogP contribution in [0.4, 0.5) is 9.18 Å². The normalized spacial score (nSPS) is 16.6. The number of H-pyrrole nitrogens is 1. The Kier molecular flexibility index (Phi) is 6.12. The molecule has 1 atom stereocenters. The molecule has 7 nitrogen and oxygen atoms in total. The Morgan fingerprint density at radius 3 is 2.76 bits per heavy atom. The number of carbonyl (C=O) groups excluding carboxylic acids is 1. The van der Waals surface area contributed by atoms with Crippen LogP contribution in [0.2, 0.25) is 0 Å². The second-order valence-corrected chi connectivity index (χ2v) is 9.05. The summed E-state index contributed by atoms with van der Waals surface area (Å²) in [5.41, 5.74) is 3.27. The van der Waals surface area contributed by atoms with Crippen molar-refractivity contribution in [3.8, 4) is 16.9 Å². The number of nitrogens with one attached hydrogen (secondary N) is 1. The number of benzene rings is 1. The maximum atomic E-state index is 14.0. The standard InChI is InChI=1S/C25H28FN3O4/c1-25(2,3)33-24(31)29-10-8-15(11-17(29)14-30)21-13-20-18(7-9-27-23(20)28-21)19-12-16(26)5-6-22(19)32-4/h5-9,12-13,17,30H,10-11,14H2,1-4H3,(H,27,28)/t17-/m0/s1. The van der Waals surface area contributed by atoms with E-state index >= 15 is 0 Å². The highest BCUT2D eigenvalue weighted by molar-refractivity contribution is 5.96. The predicted octanol–water partition coefficient (Wildman–Crippen LogP) is 4.76. The third-order valence-corrected chi connectivity index (χ3v) is 5.60. The molecular weight excluding hydrogens is 425 g/mol. The van der Waals surface area contributed by atoms with Crippen LogP contribution in [0.3, 0.4) is 0 Å². The van der Waals surface area contributed by atoms with Gasteiger partial charge in [-0.05, 0) is 68.7 Å². The van der Waals surface area contributed by atoms with Gasteiger partial charge in [0.15, 0.2) is 0 Å². The summed E-state index contributed by atoms with van der Waals surface area (Å²) in [6, 6.07) is 7.80. The Balaban J connectivity index is 1.69. The molecule has 0 radical (unpaired) electrons. The largest absolute Gasteiger partial charge is 0.496 e. The van der Waals surface area contributed by atoms with Gasteiger partial charge in [-0.3, -0.25) is 4.90 Å². The SMILES string of the molecule is COc1ccc(F)cc1-c1ccnc2[nH]c(C3=CCN(C(=O)OC(C)(C)C)[C@H](CO)C3)cc12. The van der Waals surface area contributed by atoms with E-state index in [-0.39, 0.29) is 12.4 Å². The van der Waals surface area contributed by atoms with Crippen LogP contribution in [-0.4, -0.2) is 58.0 Å². The van der Waals surface area contributed by atoms with Crippen molar-refractivity contribution in [3.63, 3.8) is 0 Å². The molecule has 0 spiro atoms. The molecule has 1 aliphatic rings. The average Bonchev–Trinajstić information content (AvgIpc) is 3.22.